The molecule has 27 heavy (non-hydrogen) atoms. The van der Waals surface area contributed by atoms with Crippen LogP contribution in [0.1, 0.15) is 114 Å². The Morgan fingerprint density at radius 2 is 1.37 bits per heavy atom. The molecule has 0 unspecified atom stereocenters. The zero-order valence-corrected chi connectivity index (χ0v) is 18.6. The Labute approximate surface area is 171 Å². The molecule has 0 atom stereocenters. The molecule has 0 spiro atoms. The Morgan fingerprint density at radius 1 is 0.852 bits per heavy atom. The summed E-state index contributed by atoms with van der Waals surface area (Å²) in [5.74, 6) is -0.175. The Bertz CT molecular complexity index is 473. The van der Waals surface area contributed by atoms with E-state index in [1.54, 1.807) is 11.3 Å². The standard InChI is InChI=1S/C23H41NO2S/c1-3-5-6-7-8-9-10-11-12-13-14-15-16-17-18-22-24-21(20-27-22)19-23(25)26-4-2/h20H,3-19H2,1-2H3. The third-order valence-corrected chi connectivity index (χ3v) is 5.93. The van der Waals surface area contributed by atoms with Gasteiger partial charge < -0.3 is 4.74 Å². The maximum Gasteiger partial charge on any atom is 0.311 e. The summed E-state index contributed by atoms with van der Waals surface area (Å²) in [5.41, 5.74) is 0.860. The molecule has 0 saturated carbocycles. The lowest BCUT2D eigenvalue weighted by Gasteiger charge is -2.03. The summed E-state index contributed by atoms with van der Waals surface area (Å²) in [5, 5.41) is 3.16. The van der Waals surface area contributed by atoms with E-state index in [2.05, 4.69) is 11.9 Å². The fraction of sp³-hybridized carbons (Fsp3) is 0.826. The van der Waals surface area contributed by atoms with E-state index >= 15 is 0 Å². The summed E-state index contributed by atoms with van der Waals surface area (Å²) < 4.78 is 4.97. The highest BCUT2D eigenvalue weighted by molar-refractivity contribution is 7.09. The Kier molecular flexibility index (Phi) is 15.4. The first kappa shape index (κ1) is 24.1. The van der Waals surface area contributed by atoms with Crippen molar-refractivity contribution in [1.82, 2.24) is 4.98 Å². The van der Waals surface area contributed by atoms with Gasteiger partial charge in [0.15, 0.2) is 0 Å². The van der Waals surface area contributed by atoms with Gasteiger partial charge in [0.05, 0.1) is 23.7 Å². The average molecular weight is 396 g/mol. The maximum absolute atomic E-state index is 11.5. The van der Waals surface area contributed by atoms with Gasteiger partial charge in [0, 0.05) is 5.38 Å². The second-order valence-electron chi connectivity index (χ2n) is 7.56. The first-order valence-electron chi connectivity index (χ1n) is 11.3. The van der Waals surface area contributed by atoms with Crippen molar-refractivity contribution < 1.29 is 9.53 Å². The molecule has 1 rings (SSSR count). The first-order valence-corrected chi connectivity index (χ1v) is 12.2. The van der Waals surface area contributed by atoms with Crippen molar-refractivity contribution >= 4 is 17.3 Å². The van der Waals surface area contributed by atoms with Gasteiger partial charge in [-0.15, -0.1) is 11.3 Å². The molecule has 1 aromatic rings. The van der Waals surface area contributed by atoms with Crippen LogP contribution in [-0.4, -0.2) is 17.6 Å². The normalized spacial score (nSPS) is 11.0. The number of hydrogen-bond donors (Lipinski definition) is 0. The molecule has 0 aliphatic heterocycles. The number of rotatable bonds is 18. The molecule has 1 aromatic heterocycles. The second kappa shape index (κ2) is 17.2. The number of hydrogen-bond acceptors (Lipinski definition) is 4. The van der Waals surface area contributed by atoms with Crippen molar-refractivity contribution in [3.8, 4) is 0 Å². The molecule has 0 aliphatic carbocycles. The minimum absolute atomic E-state index is 0.175. The van der Waals surface area contributed by atoms with Crippen LogP contribution in [0.5, 0.6) is 0 Å². The van der Waals surface area contributed by atoms with Gasteiger partial charge in [0.2, 0.25) is 0 Å². The fourth-order valence-electron chi connectivity index (χ4n) is 3.38. The van der Waals surface area contributed by atoms with Crippen LogP contribution in [-0.2, 0) is 22.4 Å². The number of aryl methyl sites for hydroxylation is 1. The van der Waals surface area contributed by atoms with Crippen molar-refractivity contribution in [3.63, 3.8) is 0 Å². The lowest BCUT2D eigenvalue weighted by atomic mass is 10.0. The van der Waals surface area contributed by atoms with Crippen molar-refractivity contribution in [2.24, 2.45) is 0 Å². The quantitative estimate of drug-likeness (QED) is 0.194. The van der Waals surface area contributed by atoms with E-state index in [0.717, 1.165) is 17.1 Å². The van der Waals surface area contributed by atoms with E-state index in [-0.39, 0.29) is 5.97 Å². The van der Waals surface area contributed by atoms with E-state index in [0.29, 0.717) is 13.0 Å². The fourth-order valence-corrected chi connectivity index (χ4v) is 4.22. The largest absolute Gasteiger partial charge is 0.466 e. The molecular formula is C23H41NO2S. The summed E-state index contributed by atoms with van der Waals surface area (Å²) in [6.07, 6.45) is 20.8. The smallest absolute Gasteiger partial charge is 0.311 e. The summed E-state index contributed by atoms with van der Waals surface area (Å²) in [7, 11) is 0. The summed E-state index contributed by atoms with van der Waals surface area (Å²) in [6, 6.07) is 0. The van der Waals surface area contributed by atoms with Crippen molar-refractivity contribution in [2.75, 3.05) is 6.61 Å². The van der Waals surface area contributed by atoms with Crippen LogP contribution in [0, 0.1) is 0 Å². The monoisotopic (exact) mass is 395 g/mol. The van der Waals surface area contributed by atoms with Gasteiger partial charge in [-0.3, -0.25) is 4.79 Å². The van der Waals surface area contributed by atoms with Gasteiger partial charge in [-0.05, 0) is 19.8 Å². The Balaban J connectivity index is 1.88. The van der Waals surface area contributed by atoms with Crippen LogP contribution in [0.15, 0.2) is 5.38 Å². The molecule has 3 nitrogen and oxygen atoms in total. The zero-order valence-electron chi connectivity index (χ0n) is 17.8. The Hall–Kier alpha value is -0.900. The summed E-state index contributed by atoms with van der Waals surface area (Å²) in [6.45, 7) is 4.55. The van der Waals surface area contributed by atoms with Gasteiger partial charge in [-0.1, -0.05) is 90.4 Å². The molecule has 4 heteroatoms. The summed E-state index contributed by atoms with van der Waals surface area (Å²) >= 11 is 1.68. The molecule has 0 bridgehead atoms. The van der Waals surface area contributed by atoms with E-state index < -0.39 is 0 Å². The zero-order chi connectivity index (χ0) is 19.6. The third kappa shape index (κ3) is 13.8. The van der Waals surface area contributed by atoms with Crippen LogP contribution in [0.2, 0.25) is 0 Å². The molecular weight excluding hydrogens is 354 g/mol. The van der Waals surface area contributed by atoms with Crippen molar-refractivity contribution in [3.05, 3.63) is 16.1 Å². The molecule has 156 valence electrons. The topological polar surface area (TPSA) is 39.2 Å². The molecule has 0 N–H and O–H groups in total. The highest BCUT2D eigenvalue weighted by Crippen LogP contribution is 2.16. The molecule has 0 radical (unpaired) electrons. The lowest BCUT2D eigenvalue weighted by molar-refractivity contribution is -0.142. The van der Waals surface area contributed by atoms with Crippen LogP contribution in [0.25, 0.3) is 0 Å². The minimum Gasteiger partial charge on any atom is -0.466 e. The highest BCUT2D eigenvalue weighted by atomic mass is 32.1. The lowest BCUT2D eigenvalue weighted by Crippen LogP contribution is -2.07. The third-order valence-electron chi connectivity index (χ3n) is 4.97. The van der Waals surface area contributed by atoms with Gasteiger partial charge in [-0.25, -0.2) is 4.98 Å². The molecule has 1 heterocycles. The highest BCUT2D eigenvalue weighted by Gasteiger charge is 2.08. The molecule has 0 aliphatic rings. The van der Waals surface area contributed by atoms with Crippen LogP contribution < -0.4 is 0 Å². The van der Waals surface area contributed by atoms with Crippen molar-refractivity contribution in [1.29, 1.82) is 0 Å². The number of ether oxygens (including phenoxy) is 1. The van der Waals surface area contributed by atoms with E-state index in [4.69, 9.17) is 4.74 Å². The maximum atomic E-state index is 11.5. The number of carbonyl (C=O) groups excluding carboxylic acids is 1. The number of nitrogens with zero attached hydrogens (tertiary/aromatic N) is 1. The predicted molar refractivity (Wildman–Crippen MR) is 116 cm³/mol. The summed E-state index contributed by atoms with van der Waals surface area (Å²) in [4.78, 5) is 16.0. The second-order valence-corrected chi connectivity index (χ2v) is 8.50. The molecule has 0 fully saturated rings. The van der Waals surface area contributed by atoms with Crippen LogP contribution >= 0.6 is 11.3 Å². The van der Waals surface area contributed by atoms with Crippen LogP contribution in [0.3, 0.4) is 0 Å². The first-order chi connectivity index (χ1) is 13.3. The predicted octanol–water partition coefficient (Wildman–Crippen LogP) is 7.27. The van der Waals surface area contributed by atoms with Gasteiger partial charge >= 0.3 is 5.97 Å². The number of aromatic nitrogens is 1. The van der Waals surface area contributed by atoms with Gasteiger partial charge in [0.25, 0.3) is 0 Å². The number of unbranched alkanes of at least 4 members (excludes halogenated alkanes) is 13. The Morgan fingerprint density at radius 3 is 1.89 bits per heavy atom. The van der Waals surface area contributed by atoms with E-state index in [9.17, 15) is 4.79 Å². The molecule has 0 aromatic carbocycles. The van der Waals surface area contributed by atoms with Gasteiger partial charge in [0.1, 0.15) is 0 Å². The minimum atomic E-state index is -0.175. The van der Waals surface area contributed by atoms with Crippen molar-refractivity contribution in [2.45, 2.75) is 117 Å². The number of carbonyl (C=O) groups is 1. The van der Waals surface area contributed by atoms with E-state index in [1.807, 2.05) is 12.3 Å². The van der Waals surface area contributed by atoms with Crippen LogP contribution in [0.4, 0.5) is 0 Å². The average Bonchev–Trinajstić information content (AvgIpc) is 3.09. The SMILES string of the molecule is CCCCCCCCCCCCCCCCc1nc(CC(=O)OCC)cs1. The van der Waals surface area contributed by atoms with E-state index in [1.165, 1.54) is 89.9 Å². The van der Waals surface area contributed by atoms with Gasteiger partial charge in [-0.2, -0.15) is 0 Å². The number of thiazole rings is 1. The number of esters is 1. The molecule has 0 saturated heterocycles. The molecule has 0 amide bonds.